The molecule has 0 spiro atoms. The first-order chi connectivity index (χ1) is 17.1. The molecule has 1 aliphatic rings. The molecule has 36 heavy (non-hydrogen) atoms. The molecule has 0 aromatic heterocycles. The molecule has 0 radical (unpaired) electrons. The number of hydrogen-bond donors (Lipinski definition) is 3. The van der Waals surface area contributed by atoms with Crippen LogP contribution in [0.15, 0.2) is 24.3 Å². The van der Waals surface area contributed by atoms with Crippen molar-refractivity contribution in [2.45, 2.75) is 90.0 Å². The molecule has 3 amide bonds. The van der Waals surface area contributed by atoms with Crippen molar-refractivity contribution >= 4 is 45.1 Å². The molecule has 0 saturated carbocycles. The van der Waals surface area contributed by atoms with Gasteiger partial charge in [0.25, 0.3) is 5.91 Å². The Bertz CT molecular complexity index is 886. The first-order valence-corrected chi connectivity index (χ1v) is 15.3. The molecule has 200 valence electrons. The number of ketones is 1. The SMILES string of the molecule is CCNC(=O)C(=O)[C@@H](NC(=O)[C@@H](NC(=O)CCCCC1CCSS1)C(C)C)C(C)c1ccc(C)cc1. The molecule has 1 aromatic carbocycles. The van der Waals surface area contributed by atoms with Crippen LogP contribution < -0.4 is 16.0 Å². The zero-order valence-electron chi connectivity index (χ0n) is 22.1. The van der Waals surface area contributed by atoms with Gasteiger partial charge in [0, 0.05) is 29.9 Å². The van der Waals surface area contributed by atoms with Crippen molar-refractivity contribution in [2.24, 2.45) is 5.92 Å². The molecule has 1 aromatic rings. The summed E-state index contributed by atoms with van der Waals surface area (Å²) in [4.78, 5) is 51.3. The molecular weight excluding hydrogens is 494 g/mol. The molecule has 1 heterocycles. The average Bonchev–Trinajstić information content (AvgIpc) is 3.36. The predicted octanol–water partition coefficient (Wildman–Crippen LogP) is 4.14. The molecule has 9 heteroatoms. The number of likely N-dealkylation sites (N-methyl/N-ethyl adjacent to an activating group) is 1. The van der Waals surface area contributed by atoms with Crippen molar-refractivity contribution in [1.82, 2.24) is 16.0 Å². The van der Waals surface area contributed by atoms with Gasteiger partial charge in [0.2, 0.25) is 17.6 Å². The van der Waals surface area contributed by atoms with Gasteiger partial charge in [-0.25, -0.2) is 0 Å². The second kappa shape index (κ2) is 15.3. The molecular formula is C27H41N3O4S2. The van der Waals surface area contributed by atoms with Gasteiger partial charge >= 0.3 is 0 Å². The number of Topliss-reactive ketones (excluding diaryl/α,β-unsaturated/α-hetero) is 1. The third-order valence-electron chi connectivity index (χ3n) is 6.42. The number of carbonyl (C=O) groups is 4. The van der Waals surface area contributed by atoms with Crippen LogP contribution in [-0.4, -0.2) is 53.1 Å². The summed E-state index contributed by atoms with van der Waals surface area (Å²) in [5.74, 6) is -1.47. The second-order valence-corrected chi connectivity index (χ2v) is 12.6. The second-order valence-electron chi connectivity index (χ2n) is 9.77. The highest BCUT2D eigenvalue weighted by Gasteiger charge is 2.35. The molecule has 1 saturated heterocycles. The topological polar surface area (TPSA) is 104 Å². The molecule has 3 N–H and O–H groups in total. The van der Waals surface area contributed by atoms with Gasteiger partial charge in [-0.3, -0.25) is 19.2 Å². The summed E-state index contributed by atoms with van der Waals surface area (Å²) in [5, 5.41) is 8.87. The van der Waals surface area contributed by atoms with Crippen LogP contribution in [0.1, 0.15) is 76.8 Å². The van der Waals surface area contributed by atoms with Crippen molar-refractivity contribution in [3.8, 4) is 0 Å². The maximum absolute atomic E-state index is 13.3. The van der Waals surface area contributed by atoms with Gasteiger partial charge < -0.3 is 16.0 Å². The van der Waals surface area contributed by atoms with Crippen LogP contribution in [0.2, 0.25) is 0 Å². The van der Waals surface area contributed by atoms with Gasteiger partial charge in [-0.05, 0) is 44.6 Å². The smallest absolute Gasteiger partial charge is 0.289 e. The highest BCUT2D eigenvalue weighted by molar-refractivity contribution is 8.77. The Kier molecular flexibility index (Phi) is 12.8. The van der Waals surface area contributed by atoms with Gasteiger partial charge in [-0.15, -0.1) is 0 Å². The first-order valence-electron chi connectivity index (χ1n) is 12.9. The van der Waals surface area contributed by atoms with Gasteiger partial charge in [0.15, 0.2) is 0 Å². The summed E-state index contributed by atoms with van der Waals surface area (Å²) in [6.07, 6.45) is 4.47. The van der Waals surface area contributed by atoms with E-state index >= 15 is 0 Å². The lowest BCUT2D eigenvalue weighted by atomic mass is 9.89. The summed E-state index contributed by atoms with van der Waals surface area (Å²) in [7, 11) is 3.86. The monoisotopic (exact) mass is 535 g/mol. The van der Waals surface area contributed by atoms with E-state index in [0.717, 1.165) is 30.4 Å². The van der Waals surface area contributed by atoms with Gasteiger partial charge in [-0.2, -0.15) is 0 Å². The normalized spacial score (nSPS) is 17.8. The van der Waals surface area contributed by atoms with Gasteiger partial charge in [0.05, 0.1) is 0 Å². The van der Waals surface area contributed by atoms with Crippen molar-refractivity contribution in [3.63, 3.8) is 0 Å². The van der Waals surface area contributed by atoms with Gasteiger partial charge in [0.1, 0.15) is 12.1 Å². The molecule has 0 aliphatic carbocycles. The third kappa shape index (κ3) is 9.47. The Hall–Kier alpha value is -2.00. The van der Waals surface area contributed by atoms with Crippen LogP contribution >= 0.6 is 21.6 Å². The Morgan fingerprint density at radius 2 is 1.69 bits per heavy atom. The van der Waals surface area contributed by atoms with Crippen molar-refractivity contribution in [3.05, 3.63) is 35.4 Å². The number of hydrogen-bond acceptors (Lipinski definition) is 6. The number of amides is 3. The number of aryl methyl sites for hydroxylation is 1. The number of carbonyl (C=O) groups excluding carboxylic acids is 4. The van der Waals surface area contributed by atoms with E-state index in [-0.39, 0.29) is 11.8 Å². The summed E-state index contributed by atoms with van der Waals surface area (Å²) in [6.45, 7) is 9.53. The Morgan fingerprint density at radius 3 is 2.28 bits per heavy atom. The highest BCUT2D eigenvalue weighted by Crippen LogP contribution is 2.39. The van der Waals surface area contributed by atoms with E-state index in [4.69, 9.17) is 0 Å². The van der Waals surface area contributed by atoms with E-state index in [1.54, 1.807) is 6.92 Å². The summed E-state index contributed by atoms with van der Waals surface area (Å²) < 4.78 is 0. The number of benzene rings is 1. The average molecular weight is 536 g/mol. The van der Waals surface area contributed by atoms with Crippen LogP contribution in [0.25, 0.3) is 0 Å². The van der Waals surface area contributed by atoms with Crippen LogP contribution in [0.3, 0.4) is 0 Å². The summed E-state index contributed by atoms with van der Waals surface area (Å²) >= 11 is 0. The number of rotatable bonds is 14. The molecule has 2 rings (SSSR count). The molecule has 0 bridgehead atoms. The Balaban J connectivity index is 2.05. The number of nitrogens with one attached hydrogen (secondary N) is 3. The summed E-state index contributed by atoms with van der Waals surface area (Å²) in [5.41, 5.74) is 1.91. The Labute approximate surface area is 223 Å². The third-order valence-corrected chi connectivity index (χ3v) is 9.42. The highest BCUT2D eigenvalue weighted by atomic mass is 33.1. The number of unbranched alkanes of at least 4 members (excludes halogenated alkanes) is 1. The van der Waals surface area contributed by atoms with Crippen LogP contribution in [0.4, 0.5) is 0 Å². The van der Waals surface area contributed by atoms with Crippen LogP contribution in [0, 0.1) is 12.8 Å². The van der Waals surface area contributed by atoms with Crippen LogP contribution in [0.5, 0.6) is 0 Å². The minimum atomic E-state index is -1.05. The largest absolute Gasteiger partial charge is 0.350 e. The molecule has 7 nitrogen and oxygen atoms in total. The maximum atomic E-state index is 13.3. The van der Waals surface area contributed by atoms with E-state index in [1.165, 1.54) is 12.2 Å². The van der Waals surface area contributed by atoms with E-state index in [1.807, 2.05) is 73.5 Å². The van der Waals surface area contributed by atoms with Crippen LogP contribution in [-0.2, 0) is 19.2 Å². The van der Waals surface area contributed by atoms with Crippen molar-refractivity contribution in [2.75, 3.05) is 12.3 Å². The zero-order chi connectivity index (χ0) is 26.7. The lowest BCUT2D eigenvalue weighted by Gasteiger charge is -2.28. The van der Waals surface area contributed by atoms with E-state index in [0.29, 0.717) is 18.2 Å². The van der Waals surface area contributed by atoms with E-state index < -0.39 is 35.6 Å². The lowest BCUT2D eigenvalue weighted by molar-refractivity contribution is -0.141. The van der Waals surface area contributed by atoms with E-state index in [2.05, 4.69) is 16.0 Å². The molecule has 2 unspecified atom stereocenters. The fourth-order valence-electron chi connectivity index (χ4n) is 4.11. The maximum Gasteiger partial charge on any atom is 0.289 e. The van der Waals surface area contributed by atoms with Crippen molar-refractivity contribution < 1.29 is 19.2 Å². The fraction of sp³-hybridized carbons (Fsp3) is 0.630. The van der Waals surface area contributed by atoms with E-state index in [9.17, 15) is 19.2 Å². The quantitative estimate of drug-likeness (QED) is 0.188. The van der Waals surface area contributed by atoms with Crippen molar-refractivity contribution in [1.29, 1.82) is 0 Å². The lowest BCUT2D eigenvalue weighted by Crippen LogP contribution is -2.56. The zero-order valence-corrected chi connectivity index (χ0v) is 23.7. The summed E-state index contributed by atoms with van der Waals surface area (Å²) in [6, 6.07) is 5.81. The molecule has 1 aliphatic heterocycles. The Morgan fingerprint density at radius 1 is 1.00 bits per heavy atom. The minimum Gasteiger partial charge on any atom is -0.350 e. The molecule has 1 fully saturated rings. The minimum absolute atomic E-state index is 0.171. The molecule has 4 atom stereocenters. The van der Waals surface area contributed by atoms with Gasteiger partial charge in [-0.1, -0.05) is 78.6 Å². The first kappa shape index (κ1) is 30.2. The predicted molar refractivity (Wildman–Crippen MR) is 149 cm³/mol. The standard InChI is InChI=1S/C27H41N3O4S2/c1-6-28-27(34)25(32)24(19(5)20-13-11-18(4)12-14-20)30-26(33)23(17(2)3)29-22(31)10-8-7-9-21-15-16-35-36-21/h11-14,17,19,21,23-24H,6-10,15-16H2,1-5H3,(H,28,34)(H,29,31)(H,30,33)/t19?,21?,23-,24-/m0/s1. The fourth-order valence-corrected chi connectivity index (χ4v) is 7.14.